The number of para-hydroxylation sites is 2. The molecule has 14 rings (SSSR count). The van der Waals surface area contributed by atoms with Gasteiger partial charge in [0.1, 0.15) is 22.3 Å². The van der Waals surface area contributed by atoms with Crippen molar-refractivity contribution < 1.29 is 8.83 Å². The highest BCUT2D eigenvalue weighted by molar-refractivity contribution is 7.26. The Balaban J connectivity index is 0.906. The number of hydrogen-bond donors (Lipinski definition) is 0. The van der Waals surface area contributed by atoms with Crippen LogP contribution in [0.4, 0.5) is 17.1 Å². The van der Waals surface area contributed by atoms with Crippen molar-refractivity contribution in [1.82, 2.24) is 0 Å². The molecule has 0 saturated heterocycles. The van der Waals surface area contributed by atoms with E-state index >= 15 is 0 Å². The smallest absolute Gasteiger partial charge is 0.144 e. The molecule has 0 saturated carbocycles. The number of thiophene rings is 1. The van der Waals surface area contributed by atoms with Gasteiger partial charge in [0.25, 0.3) is 0 Å². The highest BCUT2D eigenvalue weighted by Crippen LogP contribution is 2.52. The molecule has 0 spiro atoms. The van der Waals surface area contributed by atoms with E-state index in [0.29, 0.717) is 0 Å². The summed E-state index contributed by atoms with van der Waals surface area (Å²) < 4.78 is 16.3. The molecular formula is C63H41NO2S. The van der Waals surface area contributed by atoms with E-state index in [9.17, 15) is 0 Å². The van der Waals surface area contributed by atoms with Gasteiger partial charge in [-0.15, -0.1) is 11.3 Å². The minimum absolute atomic E-state index is 0.133. The van der Waals surface area contributed by atoms with Gasteiger partial charge in [0.2, 0.25) is 0 Å². The van der Waals surface area contributed by atoms with Gasteiger partial charge in [0.05, 0.1) is 0 Å². The predicted octanol–water partition coefficient (Wildman–Crippen LogP) is 18.6. The van der Waals surface area contributed by atoms with Gasteiger partial charge in [0.15, 0.2) is 0 Å². The average molecular weight is 876 g/mol. The average Bonchev–Trinajstić information content (AvgIpc) is 4.12. The molecule has 0 unspecified atom stereocenters. The Morgan fingerprint density at radius 3 is 1.81 bits per heavy atom. The van der Waals surface area contributed by atoms with E-state index in [1.54, 1.807) is 0 Å². The summed E-state index contributed by atoms with van der Waals surface area (Å²) in [5, 5.41) is 6.88. The zero-order valence-corrected chi connectivity index (χ0v) is 37.7. The van der Waals surface area contributed by atoms with Gasteiger partial charge in [-0.05, 0) is 99.1 Å². The van der Waals surface area contributed by atoms with Crippen molar-refractivity contribution in [1.29, 1.82) is 0 Å². The molecule has 0 aliphatic heterocycles. The summed E-state index contributed by atoms with van der Waals surface area (Å²) in [5.41, 5.74) is 18.7. The Morgan fingerprint density at radius 1 is 0.388 bits per heavy atom. The molecule has 3 aromatic heterocycles. The number of anilines is 3. The van der Waals surface area contributed by atoms with Crippen LogP contribution in [0.2, 0.25) is 0 Å². The standard InChI is InChI=1S/C63H41NO2S/c1-63(2)53-23-9-6-16-46(53)47-35-34-43(36-54(47)63)64(42-32-28-39(29-33-42)45-20-13-22-50-48-17-8-11-25-57(48)67-62(45)50)41-30-26-38(27-31-41)44-19-12-21-49-52-37-56-59(51-18-7-10-24-55(51)65-56)58(61(52)66-60(44)49)40-14-4-3-5-15-40/h3-37H,1-2H3. The van der Waals surface area contributed by atoms with Crippen molar-refractivity contribution in [2.45, 2.75) is 19.3 Å². The zero-order chi connectivity index (χ0) is 44.4. The lowest BCUT2D eigenvalue weighted by molar-refractivity contribution is 0.660. The normalized spacial score (nSPS) is 13.0. The molecule has 4 heteroatoms. The lowest BCUT2D eigenvalue weighted by Gasteiger charge is -2.28. The maximum atomic E-state index is 7.10. The minimum Gasteiger partial charge on any atom is -0.456 e. The first-order chi connectivity index (χ1) is 33.0. The lowest BCUT2D eigenvalue weighted by atomic mass is 9.82. The number of hydrogen-bond acceptors (Lipinski definition) is 4. The van der Waals surface area contributed by atoms with Crippen molar-refractivity contribution in [3.8, 4) is 44.5 Å². The van der Waals surface area contributed by atoms with Crippen molar-refractivity contribution >= 4 is 92.4 Å². The van der Waals surface area contributed by atoms with E-state index in [4.69, 9.17) is 8.83 Å². The van der Waals surface area contributed by atoms with Crippen molar-refractivity contribution in [3.05, 3.63) is 223 Å². The molecular weight excluding hydrogens is 835 g/mol. The molecule has 1 aliphatic rings. The van der Waals surface area contributed by atoms with Crippen molar-refractivity contribution in [2.24, 2.45) is 0 Å². The van der Waals surface area contributed by atoms with Crippen LogP contribution in [0, 0.1) is 0 Å². The highest BCUT2D eigenvalue weighted by Gasteiger charge is 2.36. The topological polar surface area (TPSA) is 29.5 Å². The monoisotopic (exact) mass is 875 g/mol. The highest BCUT2D eigenvalue weighted by atomic mass is 32.1. The summed E-state index contributed by atoms with van der Waals surface area (Å²) >= 11 is 1.87. The van der Waals surface area contributed by atoms with Gasteiger partial charge in [-0.3, -0.25) is 0 Å². The molecule has 0 amide bonds. The van der Waals surface area contributed by atoms with E-state index in [-0.39, 0.29) is 5.41 Å². The van der Waals surface area contributed by atoms with Crippen LogP contribution in [-0.2, 0) is 5.41 Å². The first kappa shape index (κ1) is 38.1. The second-order valence-electron chi connectivity index (χ2n) is 18.4. The third-order valence-corrected chi connectivity index (χ3v) is 15.5. The van der Waals surface area contributed by atoms with Crippen LogP contribution >= 0.6 is 11.3 Å². The van der Waals surface area contributed by atoms with Crippen molar-refractivity contribution in [2.75, 3.05) is 4.90 Å². The molecule has 316 valence electrons. The minimum atomic E-state index is -0.133. The molecule has 0 N–H and O–H groups in total. The number of fused-ring (bicyclic) bond motifs is 12. The fourth-order valence-electron chi connectivity index (χ4n) is 11.1. The molecule has 0 bridgehead atoms. The maximum absolute atomic E-state index is 7.10. The zero-order valence-electron chi connectivity index (χ0n) is 36.9. The van der Waals surface area contributed by atoms with E-state index in [1.165, 1.54) is 53.6 Å². The molecule has 3 heterocycles. The molecule has 0 atom stereocenters. The second kappa shape index (κ2) is 14.4. The van der Waals surface area contributed by atoms with Gasteiger partial charge in [-0.1, -0.05) is 172 Å². The van der Waals surface area contributed by atoms with Gasteiger partial charge >= 0.3 is 0 Å². The van der Waals surface area contributed by atoms with Gasteiger partial charge < -0.3 is 13.7 Å². The van der Waals surface area contributed by atoms with E-state index in [1.807, 2.05) is 23.5 Å². The summed E-state index contributed by atoms with van der Waals surface area (Å²) in [5.74, 6) is 0. The fourth-order valence-corrected chi connectivity index (χ4v) is 12.3. The van der Waals surface area contributed by atoms with Crippen molar-refractivity contribution in [3.63, 3.8) is 0 Å². The number of nitrogens with zero attached hydrogens (tertiary/aromatic N) is 1. The molecule has 0 radical (unpaired) electrons. The van der Waals surface area contributed by atoms with Crippen LogP contribution in [0.1, 0.15) is 25.0 Å². The van der Waals surface area contributed by atoms with Gasteiger partial charge in [0, 0.05) is 75.3 Å². The van der Waals surface area contributed by atoms with Gasteiger partial charge in [-0.2, -0.15) is 0 Å². The molecule has 10 aromatic carbocycles. The Morgan fingerprint density at radius 2 is 1.00 bits per heavy atom. The summed E-state index contributed by atoms with van der Waals surface area (Å²) in [6, 6.07) is 76.9. The molecule has 0 fully saturated rings. The Hall–Kier alpha value is -8.18. The van der Waals surface area contributed by atoms with E-state index in [2.05, 4.69) is 219 Å². The third kappa shape index (κ3) is 5.70. The summed E-state index contributed by atoms with van der Waals surface area (Å²) in [7, 11) is 0. The summed E-state index contributed by atoms with van der Waals surface area (Å²) in [6.07, 6.45) is 0. The van der Waals surface area contributed by atoms with Crippen LogP contribution < -0.4 is 4.90 Å². The van der Waals surface area contributed by atoms with Crippen LogP contribution in [0.3, 0.4) is 0 Å². The molecule has 1 aliphatic carbocycles. The fraction of sp³-hybridized carbons (Fsp3) is 0.0476. The lowest BCUT2D eigenvalue weighted by Crippen LogP contribution is -2.16. The largest absolute Gasteiger partial charge is 0.456 e. The summed E-state index contributed by atoms with van der Waals surface area (Å²) in [6.45, 7) is 4.70. The SMILES string of the molecule is CC1(C)c2ccccc2-c2ccc(N(c3ccc(-c4cccc5c4oc4c(-c6ccccc6)c6c(cc45)oc4ccccc46)cc3)c3ccc(-c4cccc5c4sc4ccccc45)cc3)cc21. The van der Waals surface area contributed by atoms with Crippen LogP contribution in [0.25, 0.3) is 109 Å². The van der Waals surface area contributed by atoms with E-state index in [0.717, 1.165) is 83.2 Å². The number of furan rings is 2. The Kier molecular flexibility index (Phi) is 8.20. The maximum Gasteiger partial charge on any atom is 0.144 e. The first-order valence-corrected chi connectivity index (χ1v) is 23.8. The molecule has 3 nitrogen and oxygen atoms in total. The van der Waals surface area contributed by atoms with Crippen LogP contribution in [0.15, 0.2) is 221 Å². The summed E-state index contributed by atoms with van der Waals surface area (Å²) in [4.78, 5) is 2.40. The molecule has 13 aromatic rings. The van der Waals surface area contributed by atoms with E-state index < -0.39 is 0 Å². The Labute approximate surface area is 391 Å². The number of benzene rings is 10. The third-order valence-electron chi connectivity index (χ3n) is 14.3. The predicted molar refractivity (Wildman–Crippen MR) is 282 cm³/mol. The quantitative estimate of drug-likeness (QED) is 0.167. The van der Waals surface area contributed by atoms with Crippen LogP contribution in [0.5, 0.6) is 0 Å². The molecule has 67 heavy (non-hydrogen) atoms. The van der Waals surface area contributed by atoms with Crippen LogP contribution in [-0.4, -0.2) is 0 Å². The van der Waals surface area contributed by atoms with Gasteiger partial charge in [-0.25, -0.2) is 0 Å². The number of rotatable bonds is 6. The Bertz CT molecular complexity index is 4110. The second-order valence-corrected chi connectivity index (χ2v) is 19.4. The first-order valence-electron chi connectivity index (χ1n) is 23.0.